The van der Waals surface area contributed by atoms with Gasteiger partial charge in [-0.15, -0.1) is 23.2 Å². The van der Waals surface area contributed by atoms with Crippen LogP contribution in [0.4, 0.5) is 0 Å². The number of alkyl halides is 4. The van der Waals surface area contributed by atoms with Crippen molar-refractivity contribution in [2.75, 3.05) is 26.4 Å². The minimum Gasteiger partial charge on any atom is -0.426 e. The molecule has 0 amide bonds. The molecule has 0 saturated carbocycles. The van der Waals surface area contributed by atoms with Crippen molar-refractivity contribution >= 4 is 86.8 Å². The maximum absolute atomic E-state index is 6.94. The summed E-state index contributed by atoms with van der Waals surface area (Å²) in [7, 11) is -3.24. The maximum atomic E-state index is 6.94. The highest BCUT2D eigenvalue weighted by Gasteiger charge is 2.79. The first-order valence-electron chi connectivity index (χ1n) is 8.20. The largest absolute Gasteiger partial charge is 0.426 e. The van der Waals surface area contributed by atoms with Crippen molar-refractivity contribution in [3.8, 4) is 11.5 Å². The number of hydrogen-bond donors (Lipinski definition) is 0. The lowest BCUT2D eigenvalue weighted by Crippen LogP contribution is -2.39. The molecule has 2 aliphatic heterocycles. The van der Waals surface area contributed by atoms with Gasteiger partial charge in [0.25, 0.3) is 0 Å². The summed E-state index contributed by atoms with van der Waals surface area (Å²) in [6.45, 7) is 1.67. The average Bonchev–Trinajstić information content (AvgIpc) is 3.42. The molecule has 158 valence electrons. The topological polar surface area (TPSA) is 55.4 Å². The molecule has 0 radical (unpaired) electrons. The second kappa shape index (κ2) is 7.52. The van der Waals surface area contributed by atoms with Gasteiger partial charge in [0.1, 0.15) is 21.2 Å². The molecule has 0 spiro atoms. The van der Waals surface area contributed by atoms with Crippen LogP contribution in [0.2, 0.25) is 0 Å². The van der Waals surface area contributed by atoms with Crippen molar-refractivity contribution in [3.05, 3.63) is 33.3 Å². The Morgan fingerprint density at radius 2 is 1.03 bits per heavy atom. The Morgan fingerprint density at radius 1 is 0.690 bits per heavy atom. The van der Waals surface area contributed by atoms with E-state index in [-0.39, 0.29) is 10.1 Å². The normalized spacial score (nSPS) is 33.6. The lowest BCUT2D eigenvalue weighted by atomic mass is 9.94. The van der Waals surface area contributed by atoms with E-state index in [1.807, 2.05) is 0 Å². The molecule has 6 nitrogen and oxygen atoms in total. The number of fused-ring (bicyclic) bond motifs is 5. The van der Waals surface area contributed by atoms with Crippen LogP contribution in [0.15, 0.2) is 22.2 Å². The smallest absolute Gasteiger partial charge is 0.397 e. The van der Waals surface area contributed by atoms with Gasteiger partial charge in [-0.05, 0) is 12.1 Å². The van der Waals surface area contributed by atoms with Gasteiger partial charge in [-0.2, -0.15) is 0 Å². The molecule has 5 rings (SSSR count). The molecule has 2 fully saturated rings. The summed E-state index contributed by atoms with van der Waals surface area (Å²) >= 11 is 40.3. The monoisotopic (exact) mass is 558 g/mol. The van der Waals surface area contributed by atoms with Gasteiger partial charge in [0.05, 0.1) is 36.5 Å². The van der Waals surface area contributed by atoms with Crippen LogP contribution in [-0.2, 0) is 27.8 Å². The predicted octanol–water partition coefficient (Wildman–Crippen LogP) is 6.75. The first-order valence-corrected chi connectivity index (χ1v) is 12.7. The summed E-state index contributed by atoms with van der Waals surface area (Å²) < 4.78 is 31.7. The fourth-order valence-corrected chi connectivity index (χ4v) is 8.12. The quantitative estimate of drug-likeness (QED) is 0.300. The van der Waals surface area contributed by atoms with Gasteiger partial charge in [-0.25, -0.2) is 0 Å². The highest BCUT2D eigenvalue weighted by Crippen LogP contribution is 2.80. The molecule has 2 bridgehead atoms. The number of hydrogen-bond acceptors (Lipinski definition) is 6. The second-order valence-corrected chi connectivity index (χ2v) is 11.8. The van der Waals surface area contributed by atoms with Gasteiger partial charge < -0.3 is 27.1 Å². The van der Waals surface area contributed by atoms with E-state index < -0.39 is 31.3 Å². The van der Waals surface area contributed by atoms with E-state index in [0.29, 0.717) is 49.1 Å². The van der Waals surface area contributed by atoms with Gasteiger partial charge in [0.2, 0.25) is 0 Å². The lowest BCUT2D eigenvalue weighted by Gasteiger charge is -2.31. The van der Waals surface area contributed by atoms with E-state index in [9.17, 15) is 0 Å². The molecule has 0 N–H and O–H groups in total. The Labute approximate surface area is 198 Å². The molecule has 29 heavy (non-hydrogen) atoms. The zero-order valence-electron chi connectivity index (χ0n) is 14.1. The van der Waals surface area contributed by atoms with Crippen LogP contribution in [0.1, 0.15) is 11.1 Å². The molecular weight excluding hydrogens is 551 g/mol. The first kappa shape index (κ1) is 21.8. The van der Waals surface area contributed by atoms with E-state index in [2.05, 4.69) is 0 Å². The Morgan fingerprint density at radius 3 is 1.38 bits per heavy atom. The Bertz CT molecular complexity index is 837. The predicted molar refractivity (Wildman–Crippen MR) is 114 cm³/mol. The third-order valence-electron chi connectivity index (χ3n) is 4.78. The Hall–Kier alpha value is 1.000. The highest BCUT2D eigenvalue weighted by molar-refractivity contribution is 7.42. The standard InChI is InChI=1S/C15H10Cl6O6P2/c16-11-12(17)14(19)10-8(27-29-24-5-6-25-29)2-1-7(26-28-22-3-4-23-28)9(10)13(11,18)15(14,20)21/h1-2H,3-6H2. The van der Waals surface area contributed by atoms with Crippen molar-refractivity contribution < 1.29 is 27.1 Å². The Balaban J connectivity index is 1.69. The molecule has 1 aromatic carbocycles. The number of benzene rings is 1. The molecule has 0 aromatic heterocycles. The molecule has 14 heteroatoms. The summed E-state index contributed by atoms with van der Waals surface area (Å²) in [6.07, 6.45) is 0. The summed E-state index contributed by atoms with van der Waals surface area (Å²) in [5.74, 6) is 0.596. The number of allylic oxidation sites excluding steroid dienone is 2. The van der Waals surface area contributed by atoms with E-state index >= 15 is 0 Å². The molecule has 2 heterocycles. The second-order valence-electron chi connectivity index (χ2n) is 6.29. The summed E-state index contributed by atoms with van der Waals surface area (Å²) in [6, 6.07) is 3.25. The third-order valence-corrected chi connectivity index (χ3v) is 11.1. The van der Waals surface area contributed by atoms with Crippen LogP contribution >= 0.6 is 86.8 Å². The van der Waals surface area contributed by atoms with E-state index in [1.165, 1.54) is 0 Å². The maximum Gasteiger partial charge on any atom is 0.397 e. The molecule has 2 aliphatic carbocycles. The van der Waals surface area contributed by atoms with Crippen LogP contribution < -0.4 is 9.05 Å². The lowest BCUT2D eigenvalue weighted by molar-refractivity contribution is 0.347. The van der Waals surface area contributed by atoms with Crippen molar-refractivity contribution in [1.82, 2.24) is 0 Å². The van der Waals surface area contributed by atoms with Crippen molar-refractivity contribution in [3.63, 3.8) is 0 Å². The number of rotatable bonds is 4. The molecule has 2 saturated heterocycles. The van der Waals surface area contributed by atoms with Gasteiger partial charge in [-0.3, -0.25) is 0 Å². The van der Waals surface area contributed by atoms with Gasteiger partial charge >= 0.3 is 17.2 Å². The minimum absolute atomic E-state index is 0.00968. The van der Waals surface area contributed by atoms with Gasteiger partial charge in [-0.1, -0.05) is 46.4 Å². The SMILES string of the molecule is ClC1=C(Cl)C2(Cl)c3c(OP4OCCO4)ccc(OP4OCCO4)c3C1(Cl)C2(Cl)Cl. The summed E-state index contributed by atoms with van der Waals surface area (Å²) in [5, 5.41) is 0.0194. The van der Waals surface area contributed by atoms with Gasteiger partial charge in [0.15, 0.2) is 4.33 Å². The molecule has 2 atom stereocenters. The molecule has 1 aromatic rings. The van der Waals surface area contributed by atoms with E-state index in [1.54, 1.807) is 12.1 Å². The van der Waals surface area contributed by atoms with Crippen LogP contribution in [0.25, 0.3) is 0 Å². The van der Waals surface area contributed by atoms with Crippen LogP contribution in [0, 0.1) is 0 Å². The molecule has 4 aliphatic rings. The van der Waals surface area contributed by atoms with Crippen LogP contribution in [0.5, 0.6) is 11.5 Å². The van der Waals surface area contributed by atoms with Gasteiger partial charge in [0, 0.05) is 11.1 Å². The zero-order chi connectivity index (χ0) is 20.6. The molecule has 2 unspecified atom stereocenters. The van der Waals surface area contributed by atoms with Crippen LogP contribution in [0.3, 0.4) is 0 Å². The fraction of sp³-hybridized carbons (Fsp3) is 0.467. The fourth-order valence-electron chi connectivity index (χ4n) is 3.54. The van der Waals surface area contributed by atoms with Crippen LogP contribution in [-0.4, -0.2) is 30.8 Å². The van der Waals surface area contributed by atoms with E-state index in [0.717, 1.165) is 0 Å². The van der Waals surface area contributed by atoms with E-state index in [4.69, 9.17) is 96.7 Å². The van der Waals surface area contributed by atoms with Crippen molar-refractivity contribution in [2.24, 2.45) is 0 Å². The third kappa shape index (κ3) is 2.86. The minimum atomic E-state index is -1.84. The highest BCUT2D eigenvalue weighted by atomic mass is 35.5. The summed E-state index contributed by atoms with van der Waals surface area (Å²) in [5.41, 5.74) is 0.670. The zero-order valence-corrected chi connectivity index (χ0v) is 20.4. The average molecular weight is 561 g/mol. The summed E-state index contributed by atoms with van der Waals surface area (Å²) in [4.78, 5) is -3.36. The number of halogens is 6. The Kier molecular flexibility index (Phi) is 5.66. The van der Waals surface area contributed by atoms with Crippen molar-refractivity contribution in [1.29, 1.82) is 0 Å². The molecular formula is C15H10Cl6O6P2. The first-order chi connectivity index (χ1) is 13.7. The van der Waals surface area contributed by atoms with Crippen molar-refractivity contribution in [2.45, 2.75) is 14.1 Å².